The van der Waals surface area contributed by atoms with Crippen LogP contribution in [0.3, 0.4) is 0 Å². The molecule has 3 rings (SSSR count). The van der Waals surface area contributed by atoms with E-state index >= 15 is 0 Å². The topological polar surface area (TPSA) is 24.1 Å². The number of rotatable bonds is 8. The summed E-state index contributed by atoms with van der Waals surface area (Å²) in [5.74, 6) is 1.29. The standard InChI is InChI=1S/C29H36N2/c1-8-22-13-11-14-23(19(2)3)28(22)30-26-17-9-10-18-27(26)31-29-24(20(4)5)15-12-16-25(29)21(6)7/h8-21,30-31H,1H2,2-7H3. The molecule has 0 amide bonds. The molecule has 0 aliphatic rings. The van der Waals surface area contributed by atoms with Gasteiger partial charge in [0.05, 0.1) is 11.4 Å². The number of anilines is 4. The molecule has 0 saturated heterocycles. The number of hydrogen-bond acceptors (Lipinski definition) is 2. The van der Waals surface area contributed by atoms with Crippen molar-refractivity contribution in [1.82, 2.24) is 0 Å². The molecular formula is C29H36N2. The van der Waals surface area contributed by atoms with Gasteiger partial charge < -0.3 is 10.6 Å². The Morgan fingerprint density at radius 2 is 1.00 bits per heavy atom. The van der Waals surface area contributed by atoms with Gasteiger partial charge in [0, 0.05) is 11.4 Å². The van der Waals surface area contributed by atoms with Gasteiger partial charge >= 0.3 is 0 Å². The summed E-state index contributed by atoms with van der Waals surface area (Å²) in [5.41, 5.74) is 9.58. The third-order valence-electron chi connectivity index (χ3n) is 5.79. The Bertz CT molecular complexity index is 1020. The Hall–Kier alpha value is -3.00. The minimum atomic E-state index is 0.414. The average molecular weight is 413 g/mol. The van der Waals surface area contributed by atoms with Gasteiger partial charge in [-0.2, -0.15) is 0 Å². The number of nitrogens with one attached hydrogen (secondary N) is 2. The Balaban J connectivity index is 2.08. The molecule has 2 N–H and O–H groups in total. The molecule has 0 radical (unpaired) electrons. The highest BCUT2D eigenvalue weighted by atomic mass is 15.0. The van der Waals surface area contributed by atoms with Crippen LogP contribution in [0.4, 0.5) is 22.7 Å². The molecule has 0 atom stereocenters. The van der Waals surface area contributed by atoms with E-state index in [-0.39, 0.29) is 0 Å². The lowest BCUT2D eigenvalue weighted by Gasteiger charge is -2.24. The first-order valence-electron chi connectivity index (χ1n) is 11.3. The predicted molar refractivity (Wildman–Crippen MR) is 138 cm³/mol. The number of benzene rings is 3. The molecule has 31 heavy (non-hydrogen) atoms. The van der Waals surface area contributed by atoms with Crippen molar-refractivity contribution < 1.29 is 0 Å². The molecule has 0 aliphatic heterocycles. The van der Waals surface area contributed by atoms with Gasteiger partial charge in [-0.3, -0.25) is 0 Å². The first kappa shape index (κ1) is 22.7. The van der Waals surface area contributed by atoms with Crippen molar-refractivity contribution in [1.29, 1.82) is 0 Å². The van der Waals surface area contributed by atoms with E-state index in [1.54, 1.807) is 0 Å². The maximum atomic E-state index is 4.03. The fourth-order valence-electron chi connectivity index (χ4n) is 4.05. The molecule has 0 fully saturated rings. The summed E-state index contributed by atoms with van der Waals surface area (Å²) in [7, 11) is 0. The third kappa shape index (κ3) is 5.02. The van der Waals surface area contributed by atoms with Crippen molar-refractivity contribution in [2.75, 3.05) is 10.6 Å². The summed E-state index contributed by atoms with van der Waals surface area (Å²) in [5, 5.41) is 7.52. The van der Waals surface area contributed by atoms with Gasteiger partial charge in [0.15, 0.2) is 0 Å². The third-order valence-corrected chi connectivity index (χ3v) is 5.79. The first-order chi connectivity index (χ1) is 14.8. The smallest absolute Gasteiger partial charge is 0.0623 e. The molecule has 3 aromatic rings. The summed E-state index contributed by atoms with van der Waals surface area (Å²) in [6.07, 6.45) is 1.93. The van der Waals surface area contributed by atoms with Gasteiger partial charge in [-0.05, 0) is 52.1 Å². The normalized spacial score (nSPS) is 11.3. The van der Waals surface area contributed by atoms with Crippen molar-refractivity contribution in [3.63, 3.8) is 0 Å². The zero-order valence-electron chi connectivity index (χ0n) is 19.8. The molecule has 2 heteroatoms. The molecule has 0 aliphatic carbocycles. The van der Waals surface area contributed by atoms with Gasteiger partial charge in [-0.15, -0.1) is 0 Å². The molecule has 0 spiro atoms. The largest absolute Gasteiger partial charge is 0.353 e. The zero-order valence-corrected chi connectivity index (χ0v) is 19.8. The zero-order chi connectivity index (χ0) is 22.5. The molecule has 162 valence electrons. The Labute approximate surface area is 188 Å². The van der Waals surface area contributed by atoms with Crippen LogP contribution in [0.15, 0.2) is 67.2 Å². The van der Waals surface area contributed by atoms with Gasteiger partial charge in [0.1, 0.15) is 0 Å². The molecule has 0 aromatic heterocycles. The maximum absolute atomic E-state index is 4.03. The average Bonchev–Trinajstić information content (AvgIpc) is 2.74. The van der Waals surface area contributed by atoms with Crippen molar-refractivity contribution in [3.05, 3.63) is 89.5 Å². The molecule has 2 nitrogen and oxygen atoms in total. The second-order valence-corrected chi connectivity index (χ2v) is 9.09. The summed E-state index contributed by atoms with van der Waals surface area (Å²) in [6.45, 7) is 17.5. The highest BCUT2D eigenvalue weighted by Crippen LogP contribution is 2.38. The van der Waals surface area contributed by atoms with E-state index in [4.69, 9.17) is 0 Å². The van der Waals surface area contributed by atoms with Crippen molar-refractivity contribution in [3.8, 4) is 0 Å². The predicted octanol–water partition coefficient (Wildman–Crippen LogP) is 9.19. The summed E-state index contributed by atoms with van der Waals surface area (Å²) < 4.78 is 0. The lowest BCUT2D eigenvalue weighted by molar-refractivity contribution is 0.838. The van der Waals surface area contributed by atoms with Crippen LogP contribution in [-0.2, 0) is 0 Å². The highest BCUT2D eigenvalue weighted by Gasteiger charge is 2.16. The minimum Gasteiger partial charge on any atom is -0.353 e. The van der Waals surface area contributed by atoms with Gasteiger partial charge in [-0.25, -0.2) is 0 Å². The molecule has 0 unspecified atom stereocenters. The highest BCUT2D eigenvalue weighted by molar-refractivity contribution is 5.84. The van der Waals surface area contributed by atoms with Gasteiger partial charge in [0.2, 0.25) is 0 Å². The van der Waals surface area contributed by atoms with Crippen LogP contribution < -0.4 is 10.6 Å². The summed E-state index contributed by atoms with van der Waals surface area (Å²) >= 11 is 0. The molecule has 3 aromatic carbocycles. The van der Waals surface area contributed by atoms with E-state index in [2.05, 4.69) is 119 Å². The minimum absolute atomic E-state index is 0.414. The summed E-state index contributed by atoms with van der Waals surface area (Å²) in [6, 6.07) is 21.5. The van der Waals surface area contributed by atoms with Crippen LogP contribution >= 0.6 is 0 Å². The molecule has 0 saturated carbocycles. The lowest BCUT2D eigenvalue weighted by atomic mass is 9.92. The quantitative estimate of drug-likeness (QED) is 0.385. The van der Waals surface area contributed by atoms with E-state index in [1.165, 1.54) is 22.4 Å². The van der Waals surface area contributed by atoms with E-state index in [0.717, 1.165) is 22.6 Å². The monoisotopic (exact) mass is 412 g/mol. The van der Waals surface area contributed by atoms with Gasteiger partial charge in [0.25, 0.3) is 0 Å². The van der Waals surface area contributed by atoms with Crippen molar-refractivity contribution in [2.24, 2.45) is 0 Å². The fourth-order valence-corrected chi connectivity index (χ4v) is 4.05. The molecular weight excluding hydrogens is 376 g/mol. The SMILES string of the molecule is C=Cc1cccc(C(C)C)c1Nc1ccccc1Nc1c(C(C)C)cccc1C(C)C. The van der Waals surface area contributed by atoms with Crippen LogP contribution in [0.25, 0.3) is 6.08 Å². The van der Waals surface area contributed by atoms with Crippen molar-refractivity contribution in [2.45, 2.75) is 59.3 Å². The Morgan fingerprint density at radius 3 is 1.45 bits per heavy atom. The van der Waals surface area contributed by atoms with Gasteiger partial charge in [-0.1, -0.05) is 103 Å². The number of hydrogen-bond donors (Lipinski definition) is 2. The Kier molecular flexibility index (Phi) is 7.22. The van der Waals surface area contributed by atoms with Crippen LogP contribution in [-0.4, -0.2) is 0 Å². The number of para-hydroxylation sites is 4. The van der Waals surface area contributed by atoms with Crippen LogP contribution in [0, 0.1) is 0 Å². The first-order valence-corrected chi connectivity index (χ1v) is 11.3. The maximum Gasteiger partial charge on any atom is 0.0623 e. The van der Waals surface area contributed by atoms with Crippen LogP contribution in [0.2, 0.25) is 0 Å². The van der Waals surface area contributed by atoms with E-state index in [0.29, 0.717) is 17.8 Å². The lowest BCUT2D eigenvalue weighted by Crippen LogP contribution is -2.06. The van der Waals surface area contributed by atoms with E-state index < -0.39 is 0 Å². The van der Waals surface area contributed by atoms with E-state index in [1.807, 2.05) is 6.08 Å². The molecule has 0 bridgehead atoms. The summed E-state index contributed by atoms with van der Waals surface area (Å²) in [4.78, 5) is 0. The molecule has 0 heterocycles. The second-order valence-electron chi connectivity index (χ2n) is 9.09. The Morgan fingerprint density at radius 1 is 0.581 bits per heavy atom. The van der Waals surface area contributed by atoms with E-state index in [9.17, 15) is 0 Å². The van der Waals surface area contributed by atoms with Crippen molar-refractivity contribution >= 4 is 28.8 Å². The van der Waals surface area contributed by atoms with Crippen LogP contribution in [0.1, 0.15) is 81.5 Å². The second kappa shape index (κ2) is 9.87. The van der Waals surface area contributed by atoms with Crippen LogP contribution in [0.5, 0.6) is 0 Å². The fraction of sp³-hybridized carbons (Fsp3) is 0.310.